The van der Waals surface area contributed by atoms with Gasteiger partial charge in [0, 0.05) is 38.5 Å². The van der Waals surface area contributed by atoms with E-state index in [2.05, 4.69) is 20.7 Å². The Labute approximate surface area is 209 Å². The third-order valence-corrected chi connectivity index (χ3v) is 5.09. The van der Waals surface area contributed by atoms with Crippen LogP contribution in [0.15, 0.2) is 24.3 Å². The van der Waals surface area contributed by atoms with Gasteiger partial charge in [-0.1, -0.05) is 18.6 Å². The minimum atomic E-state index is -1.38. The summed E-state index contributed by atoms with van der Waals surface area (Å²) in [7, 11) is 1.68. The smallest absolute Gasteiger partial charge is 0.450 e. The minimum absolute atomic E-state index is 0.0886. The number of rotatable bonds is 16. The Morgan fingerprint density at radius 1 is 1.03 bits per heavy atom. The quantitative estimate of drug-likeness (QED) is 0.148. The average Bonchev–Trinajstić information content (AvgIpc) is 2.84. The molecule has 36 heavy (non-hydrogen) atoms. The molecule has 0 unspecified atom stereocenters. The maximum atomic E-state index is 12.2. The normalized spacial score (nSPS) is 11.1. The summed E-state index contributed by atoms with van der Waals surface area (Å²) < 4.78 is 4.45. The van der Waals surface area contributed by atoms with Gasteiger partial charge in [0.25, 0.3) is 0 Å². The molecule has 4 N–H and O–H groups in total. The molecule has 12 nitrogen and oxygen atoms in total. The Hall–Kier alpha value is -3.96. The number of carbonyl (C=O) groups excluding carboxylic acids is 5. The lowest BCUT2D eigenvalue weighted by Gasteiger charge is -2.16. The van der Waals surface area contributed by atoms with Gasteiger partial charge in [-0.05, 0) is 37.5 Å². The van der Waals surface area contributed by atoms with Crippen LogP contribution in [0.4, 0.5) is 10.5 Å². The van der Waals surface area contributed by atoms with Crippen molar-refractivity contribution >= 4 is 41.8 Å². The zero-order valence-electron chi connectivity index (χ0n) is 20.6. The van der Waals surface area contributed by atoms with Crippen LogP contribution in [-0.4, -0.2) is 72.3 Å². The molecule has 4 amide bonds. The summed E-state index contributed by atoms with van der Waals surface area (Å²) >= 11 is 0. The molecule has 0 saturated heterocycles. The number of carboxylic acid groups (broad SMARTS) is 1. The van der Waals surface area contributed by atoms with Gasteiger partial charge in [0.05, 0.1) is 6.54 Å². The number of carbonyl (C=O) groups is 6. The number of anilines is 1. The summed E-state index contributed by atoms with van der Waals surface area (Å²) in [5.74, 6) is -1.35. The fraction of sp³-hybridized carbons (Fsp3) is 0.500. The van der Waals surface area contributed by atoms with E-state index in [0.29, 0.717) is 30.5 Å². The summed E-state index contributed by atoms with van der Waals surface area (Å²) in [6.45, 7) is 1.67. The van der Waals surface area contributed by atoms with E-state index in [0.717, 1.165) is 12.8 Å². The third-order valence-electron chi connectivity index (χ3n) is 5.09. The molecule has 0 radical (unpaired) electrons. The largest absolute Gasteiger partial charge is 0.506 e. The van der Waals surface area contributed by atoms with Crippen LogP contribution in [0.1, 0.15) is 51.0 Å². The van der Waals surface area contributed by atoms with Gasteiger partial charge >= 0.3 is 6.16 Å². The van der Waals surface area contributed by atoms with E-state index >= 15 is 0 Å². The lowest BCUT2D eigenvalue weighted by atomic mass is 10.1. The van der Waals surface area contributed by atoms with Crippen molar-refractivity contribution in [3.63, 3.8) is 0 Å². The maximum Gasteiger partial charge on any atom is 0.506 e. The first kappa shape index (κ1) is 30.1. The predicted octanol–water partition coefficient (Wildman–Crippen LogP) is 1.44. The lowest BCUT2D eigenvalue weighted by Crippen LogP contribution is -2.46. The second-order valence-electron chi connectivity index (χ2n) is 8.14. The molecule has 0 aliphatic carbocycles. The summed E-state index contributed by atoms with van der Waals surface area (Å²) in [4.78, 5) is 70.3. The molecular weight excluding hydrogens is 472 g/mol. The number of nitrogens with one attached hydrogen (secondary N) is 3. The standard InChI is InChI=1S/C24H34N4O8/c1-17(26-20(30)7-4-3-5-13-28(2)22(32)8-6-14-29)23(33)25-15-21(31)27-19-11-9-18(10-12-19)16-36-24(34)35/h9-12,14,17H,3-8,13,15-16H2,1-2H3,(H,25,33)(H,26,30)(H,27,31)(H,34,35)/t17-/m0/s1. The predicted molar refractivity (Wildman–Crippen MR) is 130 cm³/mol. The summed E-state index contributed by atoms with van der Waals surface area (Å²) in [5.41, 5.74) is 1.08. The minimum Gasteiger partial charge on any atom is -0.450 e. The van der Waals surface area contributed by atoms with Gasteiger partial charge in [0.1, 0.15) is 18.9 Å². The van der Waals surface area contributed by atoms with Crippen LogP contribution in [0.2, 0.25) is 0 Å². The van der Waals surface area contributed by atoms with E-state index in [1.807, 2.05) is 0 Å². The maximum absolute atomic E-state index is 12.2. The monoisotopic (exact) mass is 506 g/mol. The van der Waals surface area contributed by atoms with Crippen molar-refractivity contribution in [3.05, 3.63) is 29.8 Å². The Morgan fingerprint density at radius 2 is 1.72 bits per heavy atom. The first-order valence-corrected chi connectivity index (χ1v) is 11.6. The highest BCUT2D eigenvalue weighted by Gasteiger charge is 2.16. The molecule has 0 heterocycles. The van der Waals surface area contributed by atoms with Crippen molar-refractivity contribution in [1.82, 2.24) is 15.5 Å². The Kier molecular flexibility index (Phi) is 13.9. The number of amides is 4. The Morgan fingerprint density at radius 3 is 2.36 bits per heavy atom. The summed E-state index contributed by atoms with van der Waals surface area (Å²) in [6, 6.07) is 5.53. The van der Waals surface area contributed by atoms with Crippen LogP contribution in [0.3, 0.4) is 0 Å². The number of benzene rings is 1. The molecular formula is C24H34N4O8. The zero-order chi connectivity index (χ0) is 26.9. The second-order valence-corrected chi connectivity index (χ2v) is 8.14. The van der Waals surface area contributed by atoms with Gasteiger partial charge in [-0.15, -0.1) is 0 Å². The van der Waals surface area contributed by atoms with E-state index in [1.165, 1.54) is 6.92 Å². The Balaban J connectivity index is 2.23. The van der Waals surface area contributed by atoms with Crippen LogP contribution in [-0.2, 0) is 35.3 Å². The fourth-order valence-corrected chi connectivity index (χ4v) is 3.04. The molecule has 12 heteroatoms. The van der Waals surface area contributed by atoms with E-state index in [1.54, 1.807) is 36.2 Å². The van der Waals surface area contributed by atoms with Crippen molar-refractivity contribution < 1.29 is 38.6 Å². The molecule has 0 fully saturated rings. The lowest BCUT2D eigenvalue weighted by molar-refractivity contribution is -0.131. The SMILES string of the molecule is C[C@H](NC(=O)CCCCCN(C)C(=O)CCC=O)C(=O)NCC(=O)Nc1ccc(COC(=O)O)cc1. The highest BCUT2D eigenvalue weighted by Crippen LogP contribution is 2.10. The average molecular weight is 507 g/mol. The molecule has 0 aromatic heterocycles. The van der Waals surface area contributed by atoms with Gasteiger partial charge in [-0.3, -0.25) is 19.2 Å². The van der Waals surface area contributed by atoms with Crippen molar-refractivity contribution in [2.24, 2.45) is 0 Å². The highest BCUT2D eigenvalue weighted by molar-refractivity contribution is 5.95. The fourth-order valence-electron chi connectivity index (χ4n) is 3.04. The second kappa shape index (κ2) is 16.6. The van der Waals surface area contributed by atoms with Crippen molar-refractivity contribution in [2.75, 3.05) is 25.5 Å². The molecule has 0 aliphatic rings. The molecule has 1 rings (SSSR count). The number of unbranched alkanes of at least 4 members (excludes halogenated alkanes) is 2. The van der Waals surface area contributed by atoms with Crippen LogP contribution in [0, 0.1) is 0 Å². The topological polar surface area (TPSA) is 171 Å². The number of ether oxygens (including phenoxy) is 1. The van der Waals surface area contributed by atoms with E-state index in [-0.39, 0.29) is 44.2 Å². The molecule has 1 aromatic rings. The van der Waals surface area contributed by atoms with Crippen molar-refractivity contribution in [2.45, 2.75) is 58.1 Å². The summed E-state index contributed by atoms with van der Waals surface area (Å²) in [5, 5.41) is 16.1. The van der Waals surface area contributed by atoms with E-state index in [4.69, 9.17) is 5.11 Å². The van der Waals surface area contributed by atoms with Gasteiger partial charge < -0.3 is 35.5 Å². The Bertz CT molecular complexity index is 904. The third kappa shape index (κ3) is 13.1. The van der Waals surface area contributed by atoms with E-state index < -0.39 is 24.0 Å². The van der Waals surface area contributed by atoms with Gasteiger partial charge in [0.15, 0.2) is 0 Å². The van der Waals surface area contributed by atoms with Crippen LogP contribution in [0.5, 0.6) is 0 Å². The molecule has 1 aromatic carbocycles. The van der Waals surface area contributed by atoms with E-state index in [9.17, 15) is 28.8 Å². The van der Waals surface area contributed by atoms with Crippen LogP contribution in [0.25, 0.3) is 0 Å². The van der Waals surface area contributed by atoms with Crippen LogP contribution >= 0.6 is 0 Å². The molecule has 0 saturated carbocycles. The number of hydrogen-bond acceptors (Lipinski definition) is 7. The first-order valence-electron chi connectivity index (χ1n) is 11.6. The number of hydrogen-bond donors (Lipinski definition) is 4. The first-order chi connectivity index (χ1) is 17.1. The zero-order valence-corrected chi connectivity index (χ0v) is 20.6. The summed E-state index contributed by atoms with van der Waals surface area (Å²) in [6.07, 6.45) is 2.02. The van der Waals surface area contributed by atoms with Gasteiger partial charge in [-0.25, -0.2) is 4.79 Å². The van der Waals surface area contributed by atoms with Crippen LogP contribution < -0.4 is 16.0 Å². The van der Waals surface area contributed by atoms with Crippen molar-refractivity contribution in [3.8, 4) is 0 Å². The van der Waals surface area contributed by atoms with Gasteiger partial charge in [0.2, 0.25) is 23.6 Å². The molecule has 0 aliphatic heterocycles. The molecule has 1 atom stereocenters. The number of aldehydes is 1. The van der Waals surface area contributed by atoms with Gasteiger partial charge in [-0.2, -0.15) is 0 Å². The highest BCUT2D eigenvalue weighted by atomic mass is 16.7. The molecule has 0 spiro atoms. The van der Waals surface area contributed by atoms with Crippen molar-refractivity contribution in [1.29, 1.82) is 0 Å². The molecule has 198 valence electrons. The number of nitrogens with zero attached hydrogens (tertiary/aromatic N) is 1. The molecule has 0 bridgehead atoms.